The summed E-state index contributed by atoms with van der Waals surface area (Å²) in [5.74, 6) is -1.00. The van der Waals surface area contributed by atoms with E-state index in [1.165, 1.54) is 0 Å². The van der Waals surface area contributed by atoms with E-state index in [-0.39, 0.29) is 0 Å². The highest BCUT2D eigenvalue weighted by atomic mass is 16.8. The minimum absolute atomic E-state index is 0.442. The predicted molar refractivity (Wildman–Crippen MR) is 70.0 cm³/mol. The number of carbonyl (C=O) groups is 3. The second-order valence-corrected chi connectivity index (χ2v) is 5.86. The molecule has 3 atom stereocenters. The van der Waals surface area contributed by atoms with Crippen molar-refractivity contribution in [1.82, 2.24) is 0 Å². The van der Waals surface area contributed by atoms with Crippen molar-refractivity contribution >= 4 is 18.3 Å². The van der Waals surface area contributed by atoms with Crippen molar-refractivity contribution in [2.75, 3.05) is 13.7 Å². The summed E-state index contributed by atoms with van der Waals surface area (Å²) in [4.78, 5) is 34.3. The third kappa shape index (κ3) is 4.48. The van der Waals surface area contributed by atoms with Crippen molar-refractivity contribution in [1.29, 1.82) is 0 Å². The molecule has 0 aromatic rings. The molecular weight excluding hydrogens is 300 g/mol. The van der Waals surface area contributed by atoms with E-state index in [0.29, 0.717) is 0 Å². The molecule has 1 aliphatic rings. The van der Waals surface area contributed by atoms with E-state index in [2.05, 4.69) is 9.47 Å². The topological polar surface area (TPSA) is 118 Å². The summed E-state index contributed by atoms with van der Waals surface area (Å²) < 4.78 is 23.7. The van der Waals surface area contributed by atoms with Gasteiger partial charge in [-0.25, -0.2) is 14.4 Å². The molecule has 0 unspecified atom stereocenters. The fourth-order valence-electron chi connectivity index (χ4n) is 1.70. The zero-order chi connectivity index (χ0) is 17.1. The number of rotatable bonds is 3. The molecule has 0 aromatic carbocycles. The number of hydrogen-bond donors (Lipinski definition) is 1. The molecule has 9 nitrogen and oxygen atoms in total. The van der Waals surface area contributed by atoms with Crippen molar-refractivity contribution < 1.29 is 43.2 Å². The molecule has 1 heterocycles. The van der Waals surface area contributed by atoms with Gasteiger partial charge in [-0.3, -0.25) is 0 Å². The van der Waals surface area contributed by atoms with Gasteiger partial charge in [-0.2, -0.15) is 0 Å². The average Bonchev–Trinajstić information content (AvgIpc) is 2.57. The normalized spacial score (nSPS) is 27.8. The molecule has 0 bridgehead atoms. The summed E-state index contributed by atoms with van der Waals surface area (Å²) in [6, 6.07) is 0. The fourth-order valence-corrected chi connectivity index (χ4v) is 1.70. The Bertz CT molecular complexity index is 449. The predicted octanol–water partition coefficient (Wildman–Crippen LogP) is 0.766. The fraction of sp³-hybridized carbons (Fsp3) is 0.769. The molecule has 0 radical (unpaired) electrons. The third-order valence-corrected chi connectivity index (χ3v) is 2.71. The van der Waals surface area contributed by atoms with Crippen LogP contribution in [0.2, 0.25) is 0 Å². The highest BCUT2D eigenvalue weighted by molar-refractivity contribution is 5.83. The minimum Gasteiger partial charge on any atom is -0.452 e. The van der Waals surface area contributed by atoms with E-state index in [4.69, 9.17) is 14.2 Å². The molecular formula is C13H20O9. The summed E-state index contributed by atoms with van der Waals surface area (Å²) in [6.07, 6.45) is -4.65. The maximum absolute atomic E-state index is 11.7. The van der Waals surface area contributed by atoms with Crippen LogP contribution in [0.25, 0.3) is 0 Å². The number of carbonyl (C=O) groups excluding carboxylic acids is 3. The Kier molecular flexibility index (Phi) is 5.23. The molecule has 22 heavy (non-hydrogen) atoms. The third-order valence-electron chi connectivity index (χ3n) is 2.71. The van der Waals surface area contributed by atoms with E-state index in [0.717, 1.165) is 14.0 Å². The number of hydrogen-bond acceptors (Lipinski definition) is 9. The van der Waals surface area contributed by atoms with E-state index in [1.807, 2.05) is 0 Å². The highest BCUT2D eigenvalue weighted by Gasteiger charge is 2.57. The molecule has 0 amide bonds. The first-order valence-electron chi connectivity index (χ1n) is 6.51. The van der Waals surface area contributed by atoms with Gasteiger partial charge in [0.1, 0.15) is 12.2 Å². The second-order valence-electron chi connectivity index (χ2n) is 5.86. The van der Waals surface area contributed by atoms with Crippen molar-refractivity contribution in [3.05, 3.63) is 0 Å². The molecule has 9 heteroatoms. The summed E-state index contributed by atoms with van der Waals surface area (Å²) >= 11 is 0. The molecule has 1 rings (SSSR count). The van der Waals surface area contributed by atoms with Crippen LogP contribution in [0.3, 0.4) is 0 Å². The van der Waals surface area contributed by atoms with Crippen LogP contribution in [0.5, 0.6) is 0 Å². The molecule has 126 valence electrons. The lowest BCUT2D eigenvalue weighted by atomic mass is 9.98. The van der Waals surface area contributed by atoms with E-state index >= 15 is 0 Å². The van der Waals surface area contributed by atoms with Crippen LogP contribution in [-0.2, 0) is 28.5 Å². The molecule has 0 aromatic heterocycles. The van der Waals surface area contributed by atoms with Crippen LogP contribution >= 0.6 is 0 Å². The van der Waals surface area contributed by atoms with Gasteiger partial charge in [-0.1, -0.05) is 0 Å². The van der Waals surface area contributed by atoms with Crippen molar-refractivity contribution in [2.24, 2.45) is 0 Å². The zero-order valence-electron chi connectivity index (χ0n) is 13.1. The van der Waals surface area contributed by atoms with Crippen molar-refractivity contribution in [3.8, 4) is 0 Å². The largest absolute Gasteiger partial charge is 0.509 e. The van der Waals surface area contributed by atoms with Gasteiger partial charge in [0.2, 0.25) is 0 Å². The van der Waals surface area contributed by atoms with E-state index in [9.17, 15) is 19.5 Å². The summed E-state index contributed by atoms with van der Waals surface area (Å²) in [5, 5.41) is 10.1. The van der Waals surface area contributed by atoms with Gasteiger partial charge in [-0.15, -0.1) is 0 Å². The van der Waals surface area contributed by atoms with Crippen LogP contribution in [-0.4, -0.2) is 60.5 Å². The lowest BCUT2D eigenvalue weighted by molar-refractivity contribution is -0.155. The molecule has 0 saturated carbocycles. The first-order chi connectivity index (χ1) is 9.97. The van der Waals surface area contributed by atoms with Crippen LogP contribution in [0, 0.1) is 0 Å². The van der Waals surface area contributed by atoms with Crippen LogP contribution in [0.1, 0.15) is 27.7 Å². The summed E-state index contributed by atoms with van der Waals surface area (Å²) in [6.45, 7) is 5.56. The van der Waals surface area contributed by atoms with Crippen LogP contribution < -0.4 is 0 Å². The van der Waals surface area contributed by atoms with Gasteiger partial charge in [0.15, 0.2) is 17.8 Å². The molecule has 0 spiro atoms. The maximum Gasteiger partial charge on any atom is 0.509 e. The van der Waals surface area contributed by atoms with Gasteiger partial charge in [0, 0.05) is 0 Å². The Morgan fingerprint density at radius 3 is 2.41 bits per heavy atom. The zero-order valence-corrected chi connectivity index (χ0v) is 13.1. The SMILES string of the molecule is COC(=O)OC[C@H]1OC(=O)[C@@](C)(O)[C@@H]1OC(=O)OC(C)(C)C. The van der Waals surface area contributed by atoms with Crippen molar-refractivity contribution in [2.45, 2.75) is 51.1 Å². The summed E-state index contributed by atoms with van der Waals surface area (Å²) in [5.41, 5.74) is -2.90. The van der Waals surface area contributed by atoms with Gasteiger partial charge in [0.05, 0.1) is 7.11 Å². The highest BCUT2D eigenvalue weighted by Crippen LogP contribution is 2.30. The van der Waals surface area contributed by atoms with Gasteiger partial charge < -0.3 is 28.8 Å². The Labute approximate surface area is 127 Å². The smallest absolute Gasteiger partial charge is 0.452 e. The average molecular weight is 320 g/mol. The Balaban J connectivity index is 2.77. The lowest BCUT2D eigenvalue weighted by Gasteiger charge is -2.26. The number of cyclic esters (lactones) is 1. The van der Waals surface area contributed by atoms with Crippen LogP contribution in [0.4, 0.5) is 9.59 Å². The molecule has 1 aliphatic heterocycles. The molecule has 1 fully saturated rings. The monoisotopic (exact) mass is 320 g/mol. The molecule has 1 saturated heterocycles. The second kappa shape index (κ2) is 6.39. The number of ether oxygens (including phenoxy) is 5. The van der Waals surface area contributed by atoms with Crippen molar-refractivity contribution in [3.63, 3.8) is 0 Å². The number of aliphatic hydroxyl groups is 1. The molecule has 0 aliphatic carbocycles. The number of methoxy groups -OCH3 is 1. The Hall–Kier alpha value is -2.03. The minimum atomic E-state index is -2.08. The Morgan fingerprint density at radius 2 is 1.91 bits per heavy atom. The molecule has 1 N–H and O–H groups in total. The number of esters is 1. The first kappa shape index (κ1) is 18.0. The van der Waals surface area contributed by atoms with Crippen LogP contribution in [0.15, 0.2) is 0 Å². The van der Waals surface area contributed by atoms with E-state index in [1.54, 1.807) is 20.8 Å². The maximum atomic E-state index is 11.7. The van der Waals surface area contributed by atoms with Gasteiger partial charge in [-0.05, 0) is 27.7 Å². The van der Waals surface area contributed by atoms with E-state index < -0.39 is 48.3 Å². The summed E-state index contributed by atoms with van der Waals surface area (Å²) in [7, 11) is 1.10. The van der Waals surface area contributed by atoms with Gasteiger partial charge in [0.25, 0.3) is 0 Å². The Morgan fingerprint density at radius 1 is 1.32 bits per heavy atom. The standard InChI is InChI=1S/C13H20O9/c1-12(2,3)22-11(16)21-8-7(6-19-10(15)18-5)20-9(14)13(8,4)17/h7-8,17H,6H2,1-5H3/t7-,8-,13+/m1/s1. The lowest BCUT2D eigenvalue weighted by Crippen LogP contribution is -2.47. The first-order valence-corrected chi connectivity index (χ1v) is 6.51. The van der Waals surface area contributed by atoms with Gasteiger partial charge >= 0.3 is 18.3 Å². The quantitative estimate of drug-likeness (QED) is 0.594.